The molecule has 1 aromatic carbocycles. The highest BCUT2D eigenvalue weighted by Crippen LogP contribution is 2.00. The summed E-state index contributed by atoms with van der Waals surface area (Å²) >= 11 is 0. The van der Waals surface area contributed by atoms with Gasteiger partial charge >= 0.3 is 0 Å². The average molecular weight is 146 g/mol. The lowest BCUT2D eigenvalue weighted by Gasteiger charge is -1.87. The molecule has 0 unspecified atom stereocenters. The van der Waals surface area contributed by atoms with E-state index in [1.165, 1.54) is 0 Å². The van der Waals surface area contributed by atoms with Crippen LogP contribution in [0.3, 0.4) is 0 Å². The van der Waals surface area contributed by atoms with E-state index in [1.54, 1.807) is 12.2 Å². The van der Waals surface area contributed by atoms with Gasteiger partial charge in [0, 0.05) is 0 Å². The van der Waals surface area contributed by atoms with Crippen molar-refractivity contribution in [1.82, 2.24) is 0 Å². The van der Waals surface area contributed by atoms with Gasteiger partial charge in [-0.05, 0) is 11.6 Å². The quantitative estimate of drug-likeness (QED) is 0.502. The molecule has 0 amide bonds. The number of hydrogen-bond donors (Lipinski definition) is 1. The molecule has 1 rings (SSSR count). The monoisotopic (exact) mass is 146 g/mol. The Kier molecular flexibility index (Phi) is 3.00. The summed E-state index contributed by atoms with van der Waals surface area (Å²) in [7, 11) is 0. The third-order valence-corrected chi connectivity index (χ3v) is 1.29. The third-order valence-electron chi connectivity index (χ3n) is 1.29. The first-order valence-electron chi connectivity index (χ1n) is 3.46. The number of benzene rings is 1. The molecule has 11 heavy (non-hydrogen) atoms. The largest absolute Gasteiger partial charge is 0.516 e. The molecule has 0 spiro atoms. The van der Waals surface area contributed by atoms with Crippen molar-refractivity contribution in [3.63, 3.8) is 0 Å². The van der Waals surface area contributed by atoms with Crippen molar-refractivity contribution < 1.29 is 5.11 Å². The van der Waals surface area contributed by atoms with Crippen molar-refractivity contribution >= 4 is 6.08 Å². The van der Waals surface area contributed by atoms with Crippen molar-refractivity contribution in [2.45, 2.75) is 0 Å². The lowest BCUT2D eigenvalue weighted by molar-refractivity contribution is 0.474. The Bertz CT molecular complexity index is 247. The van der Waals surface area contributed by atoms with Crippen LogP contribution in [0, 0.1) is 0 Å². The maximum absolute atomic E-state index is 8.31. The molecular formula is C10H10O. The fraction of sp³-hybridized carbons (Fsp3) is 0. The zero-order valence-corrected chi connectivity index (χ0v) is 6.14. The summed E-state index contributed by atoms with van der Waals surface area (Å²) in [4.78, 5) is 0. The molecule has 0 saturated heterocycles. The van der Waals surface area contributed by atoms with E-state index >= 15 is 0 Å². The van der Waals surface area contributed by atoms with Crippen LogP contribution in [0.15, 0.2) is 48.7 Å². The Morgan fingerprint density at radius 1 is 1.00 bits per heavy atom. The molecule has 1 N–H and O–H groups in total. The summed E-state index contributed by atoms with van der Waals surface area (Å²) in [6.07, 6.45) is 6.30. The van der Waals surface area contributed by atoms with Crippen molar-refractivity contribution in [3.05, 3.63) is 54.3 Å². The zero-order chi connectivity index (χ0) is 7.94. The summed E-state index contributed by atoms with van der Waals surface area (Å²) in [5.74, 6) is 0. The van der Waals surface area contributed by atoms with E-state index in [1.807, 2.05) is 36.4 Å². The van der Waals surface area contributed by atoms with Gasteiger partial charge in [0.25, 0.3) is 0 Å². The second-order valence-electron chi connectivity index (χ2n) is 2.11. The first-order valence-corrected chi connectivity index (χ1v) is 3.46. The Labute approximate surface area is 66.3 Å². The van der Waals surface area contributed by atoms with Crippen molar-refractivity contribution in [2.75, 3.05) is 0 Å². The molecule has 0 aliphatic rings. The van der Waals surface area contributed by atoms with Crippen molar-refractivity contribution in [2.24, 2.45) is 0 Å². The molecule has 1 aromatic rings. The summed E-state index contributed by atoms with van der Waals surface area (Å²) < 4.78 is 0. The molecule has 0 saturated carbocycles. The van der Waals surface area contributed by atoms with Crippen LogP contribution in [0.1, 0.15) is 5.56 Å². The molecule has 1 nitrogen and oxygen atoms in total. The lowest BCUT2D eigenvalue weighted by Crippen LogP contribution is -1.66. The van der Waals surface area contributed by atoms with Crippen LogP contribution < -0.4 is 0 Å². The molecule has 1 heteroatoms. The first kappa shape index (κ1) is 7.61. The zero-order valence-electron chi connectivity index (χ0n) is 6.14. The van der Waals surface area contributed by atoms with Gasteiger partial charge in [0.2, 0.25) is 0 Å². The summed E-state index contributed by atoms with van der Waals surface area (Å²) in [6, 6.07) is 9.92. The maximum atomic E-state index is 8.31. The smallest absolute Gasteiger partial charge is 0.0791 e. The minimum Gasteiger partial charge on any atom is -0.516 e. The Morgan fingerprint density at radius 3 is 2.36 bits per heavy atom. The summed E-state index contributed by atoms with van der Waals surface area (Å²) in [6.45, 7) is 0. The van der Waals surface area contributed by atoms with Gasteiger partial charge in [0.05, 0.1) is 6.26 Å². The van der Waals surface area contributed by atoms with Crippen LogP contribution in [0.25, 0.3) is 6.08 Å². The number of aliphatic hydroxyl groups is 1. The fourth-order valence-electron chi connectivity index (χ4n) is 0.781. The first-order chi connectivity index (χ1) is 5.43. The molecule has 0 radical (unpaired) electrons. The minimum atomic E-state index is 1.01. The average Bonchev–Trinajstić information content (AvgIpc) is 2.07. The van der Waals surface area contributed by atoms with Crippen molar-refractivity contribution in [1.29, 1.82) is 0 Å². The molecule has 0 atom stereocenters. The van der Waals surface area contributed by atoms with E-state index in [9.17, 15) is 0 Å². The predicted molar refractivity (Wildman–Crippen MR) is 47.2 cm³/mol. The highest BCUT2D eigenvalue weighted by Gasteiger charge is 1.78. The van der Waals surface area contributed by atoms with E-state index in [2.05, 4.69) is 0 Å². The molecule has 0 fully saturated rings. The van der Waals surface area contributed by atoms with Gasteiger partial charge in [-0.1, -0.05) is 42.5 Å². The Hall–Kier alpha value is -1.50. The van der Waals surface area contributed by atoms with Gasteiger partial charge in [-0.2, -0.15) is 0 Å². The standard InChI is InChI=1S/C10H10O/c11-9-5-4-8-10-6-2-1-3-7-10/h1-9,11H/b8-4+,9-5+. The van der Waals surface area contributed by atoms with E-state index in [0.717, 1.165) is 11.8 Å². The molecule has 0 aromatic heterocycles. The van der Waals surface area contributed by atoms with Crippen LogP contribution in [0.4, 0.5) is 0 Å². The summed E-state index contributed by atoms with van der Waals surface area (Å²) in [5, 5.41) is 8.31. The number of aliphatic hydroxyl groups excluding tert-OH is 1. The van der Waals surface area contributed by atoms with E-state index in [0.29, 0.717) is 0 Å². The Balaban J connectivity index is 2.64. The van der Waals surface area contributed by atoms with Gasteiger partial charge < -0.3 is 5.11 Å². The van der Waals surface area contributed by atoms with Crippen LogP contribution in [-0.2, 0) is 0 Å². The molecule has 0 aliphatic heterocycles. The van der Waals surface area contributed by atoms with Crippen LogP contribution in [0.5, 0.6) is 0 Å². The van der Waals surface area contributed by atoms with Gasteiger partial charge in [-0.3, -0.25) is 0 Å². The van der Waals surface area contributed by atoms with E-state index < -0.39 is 0 Å². The molecule has 56 valence electrons. The topological polar surface area (TPSA) is 20.2 Å². The molecule has 0 heterocycles. The number of rotatable bonds is 2. The second kappa shape index (κ2) is 4.34. The Morgan fingerprint density at radius 2 is 1.73 bits per heavy atom. The van der Waals surface area contributed by atoms with Crippen LogP contribution in [-0.4, -0.2) is 5.11 Å². The molecule has 0 aliphatic carbocycles. The van der Waals surface area contributed by atoms with E-state index in [4.69, 9.17) is 5.11 Å². The maximum Gasteiger partial charge on any atom is 0.0791 e. The number of hydrogen-bond acceptors (Lipinski definition) is 1. The fourth-order valence-corrected chi connectivity index (χ4v) is 0.781. The summed E-state index contributed by atoms with van der Waals surface area (Å²) in [5.41, 5.74) is 1.13. The normalized spacial score (nSPS) is 11.3. The van der Waals surface area contributed by atoms with Crippen LogP contribution >= 0.6 is 0 Å². The number of allylic oxidation sites excluding steroid dienone is 2. The predicted octanol–water partition coefficient (Wildman–Crippen LogP) is 2.77. The third kappa shape index (κ3) is 2.72. The van der Waals surface area contributed by atoms with Gasteiger partial charge in [-0.25, -0.2) is 0 Å². The minimum absolute atomic E-state index is 1.01. The highest BCUT2D eigenvalue weighted by molar-refractivity contribution is 5.50. The highest BCUT2D eigenvalue weighted by atomic mass is 16.2. The lowest BCUT2D eigenvalue weighted by atomic mass is 10.2. The van der Waals surface area contributed by atoms with Gasteiger partial charge in [-0.15, -0.1) is 0 Å². The van der Waals surface area contributed by atoms with Crippen LogP contribution in [0.2, 0.25) is 0 Å². The van der Waals surface area contributed by atoms with Crippen molar-refractivity contribution in [3.8, 4) is 0 Å². The van der Waals surface area contributed by atoms with E-state index in [-0.39, 0.29) is 0 Å². The SMILES string of the molecule is O/C=C/C=C/c1ccccc1. The molecule has 0 bridgehead atoms. The van der Waals surface area contributed by atoms with Gasteiger partial charge in [0.15, 0.2) is 0 Å². The molecular weight excluding hydrogens is 136 g/mol. The second-order valence-corrected chi connectivity index (χ2v) is 2.11. The van der Waals surface area contributed by atoms with Gasteiger partial charge in [0.1, 0.15) is 0 Å².